The van der Waals surface area contributed by atoms with Gasteiger partial charge in [0.2, 0.25) is 5.95 Å². The molecule has 6 heteroatoms. The van der Waals surface area contributed by atoms with Gasteiger partial charge in [0.05, 0.1) is 16.3 Å². The van der Waals surface area contributed by atoms with Crippen LogP contribution in [0.4, 0.5) is 17.3 Å². The molecule has 0 bridgehead atoms. The molecule has 126 valence electrons. The molecule has 0 radical (unpaired) electrons. The first kappa shape index (κ1) is 16.9. The largest absolute Gasteiger partial charge is 0.323 e. The van der Waals surface area contributed by atoms with Gasteiger partial charge in [-0.1, -0.05) is 41.4 Å². The van der Waals surface area contributed by atoms with Gasteiger partial charge in [0.1, 0.15) is 0 Å². The third-order valence-corrected chi connectivity index (χ3v) is 3.99. The Balaban J connectivity index is 1.71. The summed E-state index contributed by atoms with van der Waals surface area (Å²) in [4.78, 5) is 20.7. The number of carbonyl (C=O) groups excluding carboxylic acids is 1. The van der Waals surface area contributed by atoms with Crippen LogP contribution in [-0.2, 0) is 0 Å². The molecule has 25 heavy (non-hydrogen) atoms. The molecule has 0 aliphatic heterocycles. The van der Waals surface area contributed by atoms with Crippen molar-refractivity contribution < 1.29 is 4.79 Å². The van der Waals surface area contributed by atoms with Gasteiger partial charge in [0.25, 0.3) is 5.91 Å². The topological polar surface area (TPSA) is 66.9 Å². The number of amides is 1. The minimum absolute atomic E-state index is 0.253. The lowest BCUT2D eigenvalue weighted by Crippen LogP contribution is -2.14. The van der Waals surface area contributed by atoms with E-state index in [0.717, 1.165) is 16.8 Å². The summed E-state index contributed by atoms with van der Waals surface area (Å²) in [6.45, 7) is 3.97. The van der Waals surface area contributed by atoms with E-state index in [4.69, 9.17) is 11.6 Å². The van der Waals surface area contributed by atoms with Gasteiger partial charge in [-0.05, 0) is 37.6 Å². The molecule has 5 nitrogen and oxygen atoms in total. The van der Waals surface area contributed by atoms with Gasteiger partial charge in [0.15, 0.2) is 0 Å². The second kappa shape index (κ2) is 7.32. The van der Waals surface area contributed by atoms with Crippen molar-refractivity contribution in [3.8, 4) is 0 Å². The molecule has 2 N–H and O–H groups in total. The fourth-order valence-corrected chi connectivity index (χ4v) is 2.52. The SMILES string of the molecule is Cc1ccc(NC(=O)c2cnc(Nc3ccccc3Cl)nc2)c(C)c1. The van der Waals surface area contributed by atoms with Crippen molar-refractivity contribution in [3.63, 3.8) is 0 Å². The molecule has 0 saturated heterocycles. The van der Waals surface area contributed by atoms with Gasteiger partial charge in [-0.2, -0.15) is 0 Å². The fourth-order valence-electron chi connectivity index (χ4n) is 2.34. The molecule has 1 aromatic heterocycles. The van der Waals surface area contributed by atoms with E-state index >= 15 is 0 Å². The van der Waals surface area contributed by atoms with E-state index in [-0.39, 0.29) is 5.91 Å². The summed E-state index contributed by atoms with van der Waals surface area (Å²) < 4.78 is 0. The van der Waals surface area contributed by atoms with Gasteiger partial charge < -0.3 is 10.6 Å². The first-order valence-electron chi connectivity index (χ1n) is 7.75. The normalized spacial score (nSPS) is 10.4. The summed E-state index contributed by atoms with van der Waals surface area (Å²) in [5, 5.41) is 6.46. The van der Waals surface area contributed by atoms with Crippen LogP contribution in [0.1, 0.15) is 21.5 Å². The summed E-state index contributed by atoms with van der Waals surface area (Å²) in [5.74, 6) is 0.118. The molecule has 3 aromatic rings. The minimum Gasteiger partial charge on any atom is -0.323 e. The van der Waals surface area contributed by atoms with Crippen LogP contribution >= 0.6 is 11.6 Å². The Hall–Kier alpha value is -2.92. The van der Waals surface area contributed by atoms with Crippen LogP contribution in [0.3, 0.4) is 0 Å². The second-order valence-electron chi connectivity index (χ2n) is 5.67. The molecule has 0 saturated carbocycles. The van der Waals surface area contributed by atoms with Crippen molar-refractivity contribution in [2.24, 2.45) is 0 Å². The maximum absolute atomic E-state index is 12.3. The second-order valence-corrected chi connectivity index (χ2v) is 6.08. The monoisotopic (exact) mass is 352 g/mol. The Morgan fingerprint density at radius 1 is 1.00 bits per heavy atom. The highest BCUT2D eigenvalue weighted by Gasteiger charge is 2.10. The van der Waals surface area contributed by atoms with E-state index in [2.05, 4.69) is 20.6 Å². The van der Waals surface area contributed by atoms with Crippen LogP contribution in [0, 0.1) is 13.8 Å². The van der Waals surface area contributed by atoms with Gasteiger partial charge in [-0.15, -0.1) is 0 Å². The van der Waals surface area contributed by atoms with Crippen molar-refractivity contribution in [2.45, 2.75) is 13.8 Å². The van der Waals surface area contributed by atoms with Gasteiger partial charge in [-0.3, -0.25) is 4.79 Å². The highest BCUT2D eigenvalue weighted by Crippen LogP contribution is 2.23. The molecule has 0 fully saturated rings. The van der Waals surface area contributed by atoms with Crippen LogP contribution in [0.5, 0.6) is 0 Å². The molecule has 1 heterocycles. The van der Waals surface area contributed by atoms with Gasteiger partial charge in [0, 0.05) is 18.1 Å². The molecule has 2 aromatic carbocycles. The Bertz CT molecular complexity index is 910. The molecule has 0 aliphatic rings. The lowest BCUT2D eigenvalue weighted by atomic mass is 10.1. The zero-order valence-corrected chi connectivity index (χ0v) is 14.6. The zero-order chi connectivity index (χ0) is 17.8. The van der Waals surface area contributed by atoms with Gasteiger partial charge in [-0.25, -0.2) is 9.97 Å². The number of halogens is 1. The predicted octanol–water partition coefficient (Wildman–Crippen LogP) is 4.74. The van der Waals surface area contributed by atoms with Crippen molar-refractivity contribution in [1.29, 1.82) is 0 Å². The number of anilines is 3. The minimum atomic E-state index is -0.253. The summed E-state index contributed by atoms with van der Waals surface area (Å²) in [5.41, 5.74) is 4.01. The number of nitrogens with zero attached hydrogens (tertiary/aromatic N) is 2. The smallest absolute Gasteiger partial charge is 0.258 e. The van der Waals surface area contributed by atoms with Crippen LogP contribution in [0.25, 0.3) is 0 Å². The lowest BCUT2D eigenvalue weighted by molar-refractivity contribution is 0.102. The highest BCUT2D eigenvalue weighted by atomic mass is 35.5. The van der Waals surface area contributed by atoms with Crippen molar-refractivity contribution >= 4 is 34.8 Å². The molecule has 0 aliphatic carbocycles. The van der Waals surface area contributed by atoms with E-state index in [1.165, 1.54) is 12.4 Å². The number of aryl methyl sites for hydroxylation is 2. The summed E-state index contributed by atoms with van der Waals surface area (Å²) in [7, 11) is 0. The Morgan fingerprint density at radius 3 is 2.40 bits per heavy atom. The zero-order valence-electron chi connectivity index (χ0n) is 13.9. The average Bonchev–Trinajstić information content (AvgIpc) is 2.60. The molecular weight excluding hydrogens is 336 g/mol. The van der Waals surface area contributed by atoms with E-state index in [0.29, 0.717) is 22.2 Å². The van der Waals surface area contributed by atoms with Crippen LogP contribution in [0.15, 0.2) is 54.9 Å². The fraction of sp³-hybridized carbons (Fsp3) is 0.105. The highest BCUT2D eigenvalue weighted by molar-refractivity contribution is 6.33. The molecular formula is C19H17ClN4O. The predicted molar refractivity (Wildman–Crippen MR) is 101 cm³/mol. The van der Waals surface area contributed by atoms with Crippen LogP contribution in [0.2, 0.25) is 5.02 Å². The third-order valence-electron chi connectivity index (χ3n) is 3.66. The Labute approximate surface area is 151 Å². The quantitative estimate of drug-likeness (QED) is 0.711. The number of nitrogens with one attached hydrogen (secondary N) is 2. The third kappa shape index (κ3) is 4.14. The first-order chi connectivity index (χ1) is 12.0. The van der Waals surface area contributed by atoms with Crippen molar-refractivity contribution in [2.75, 3.05) is 10.6 Å². The van der Waals surface area contributed by atoms with Gasteiger partial charge >= 0.3 is 0 Å². The number of para-hydroxylation sites is 1. The number of aromatic nitrogens is 2. The van der Waals surface area contributed by atoms with E-state index in [1.54, 1.807) is 6.07 Å². The molecule has 3 rings (SSSR count). The Kier molecular flexibility index (Phi) is 4.95. The van der Waals surface area contributed by atoms with Crippen LogP contribution in [-0.4, -0.2) is 15.9 Å². The molecule has 0 unspecified atom stereocenters. The number of hydrogen-bond acceptors (Lipinski definition) is 4. The number of rotatable bonds is 4. The molecule has 1 amide bonds. The summed E-state index contributed by atoms with van der Waals surface area (Å²) in [6.07, 6.45) is 2.95. The summed E-state index contributed by atoms with van der Waals surface area (Å²) in [6, 6.07) is 13.2. The van der Waals surface area contributed by atoms with Crippen LogP contribution < -0.4 is 10.6 Å². The van der Waals surface area contributed by atoms with E-state index in [1.807, 2.05) is 50.2 Å². The molecule has 0 spiro atoms. The van der Waals surface area contributed by atoms with Crippen molar-refractivity contribution in [3.05, 3.63) is 76.6 Å². The number of benzene rings is 2. The van der Waals surface area contributed by atoms with E-state index < -0.39 is 0 Å². The first-order valence-corrected chi connectivity index (χ1v) is 8.13. The van der Waals surface area contributed by atoms with E-state index in [9.17, 15) is 4.79 Å². The lowest BCUT2D eigenvalue weighted by Gasteiger charge is -2.10. The summed E-state index contributed by atoms with van der Waals surface area (Å²) >= 11 is 6.09. The molecule has 0 atom stereocenters. The van der Waals surface area contributed by atoms with Crippen molar-refractivity contribution in [1.82, 2.24) is 9.97 Å². The average molecular weight is 353 g/mol. The standard InChI is InChI=1S/C19H17ClN4O/c1-12-7-8-16(13(2)9-12)23-18(25)14-10-21-19(22-11-14)24-17-6-4-3-5-15(17)20/h3-11H,1-2H3,(H,23,25)(H,21,22,24). The number of carbonyl (C=O) groups is 1. The Morgan fingerprint density at radius 2 is 1.72 bits per heavy atom. The maximum atomic E-state index is 12.3. The maximum Gasteiger partial charge on any atom is 0.258 e. The number of hydrogen-bond donors (Lipinski definition) is 2.